The summed E-state index contributed by atoms with van der Waals surface area (Å²) < 4.78 is 4.71. The number of methoxy groups -OCH3 is 1. The quantitative estimate of drug-likeness (QED) is 0.448. The van der Waals surface area contributed by atoms with Gasteiger partial charge in [-0.1, -0.05) is 49.7 Å². The van der Waals surface area contributed by atoms with Gasteiger partial charge in [0.05, 0.1) is 19.1 Å². The molecule has 4 heteroatoms. The van der Waals surface area contributed by atoms with E-state index in [1.807, 2.05) is 0 Å². The lowest BCUT2D eigenvalue weighted by Gasteiger charge is -2.57. The molecule has 3 rings (SSSR count). The van der Waals surface area contributed by atoms with E-state index in [9.17, 15) is 15.0 Å². The number of ether oxygens (including phenoxy) is 1. The number of rotatable bonds is 4. The van der Waals surface area contributed by atoms with Crippen molar-refractivity contribution in [2.24, 2.45) is 23.2 Å². The van der Waals surface area contributed by atoms with Crippen LogP contribution in [0.1, 0.15) is 71.1 Å². The Labute approximate surface area is 163 Å². The highest BCUT2D eigenvalue weighted by Gasteiger charge is 2.54. The van der Waals surface area contributed by atoms with Crippen LogP contribution in [-0.2, 0) is 9.53 Å². The Bertz CT molecular complexity index is 622. The summed E-state index contributed by atoms with van der Waals surface area (Å²) in [5, 5.41) is 21.0. The number of allylic oxidation sites excluding steroid dienone is 2. The molecule has 0 saturated heterocycles. The summed E-state index contributed by atoms with van der Waals surface area (Å²) in [4.78, 5) is 11.3. The van der Waals surface area contributed by atoms with Crippen LogP contribution < -0.4 is 0 Å². The molecule has 2 N–H and O–H groups in total. The standard InChI is InChI=1S/C23H34O4/c1-23-14-13-21(25)18(11-12-20(24)16-7-4-3-5-8-16)19(23)15-17(23)9-6-10-22(26)27-2/h9,16,18-21,24-25H,3-8,10,13-15H2,1-2H3/t18-,19-,20?,21-,23-/m0/s1. The second-order valence-corrected chi connectivity index (χ2v) is 8.84. The molecule has 0 aliphatic heterocycles. The summed E-state index contributed by atoms with van der Waals surface area (Å²) in [5.41, 5.74) is 1.47. The first-order valence-corrected chi connectivity index (χ1v) is 10.6. The molecule has 150 valence electrons. The Morgan fingerprint density at radius 1 is 1.33 bits per heavy atom. The SMILES string of the molecule is COC(=O)CCC=C1C[C@H]2[C@H](C#CC(O)C3CCCCC3)[C@@H](O)CC[C@@]12C. The average Bonchev–Trinajstić information content (AvgIpc) is 2.69. The van der Waals surface area contributed by atoms with Gasteiger partial charge in [-0.05, 0) is 55.8 Å². The van der Waals surface area contributed by atoms with Crippen molar-refractivity contribution in [3.05, 3.63) is 11.6 Å². The first kappa shape index (κ1) is 20.4. The van der Waals surface area contributed by atoms with Gasteiger partial charge in [0.25, 0.3) is 0 Å². The van der Waals surface area contributed by atoms with Gasteiger partial charge in [0, 0.05) is 6.42 Å². The Balaban J connectivity index is 1.63. The van der Waals surface area contributed by atoms with Crippen molar-refractivity contribution in [3.8, 4) is 11.8 Å². The molecular formula is C23H34O4. The van der Waals surface area contributed by atoms with E-state index in [0.29, 0.717) is 24.7 Å². The number of fused-ring (bicyclic) bond motifs is 1. The van der Waals surface area contributed by atoms with Crippen LogP contribution in [0.15, 0.2) is 11.6 Å². The largest absolute Gasteiger partial charge is 0.469 e. The number of hydrogen-bond acceptors (Lipinski definition) is 4. The molecule has 0 aromatic carbocycles. The van der Waals surface area contributed by atoms with Crippen molar-refractivity contribution >= 4 is 5.97 Å². The van der Waals surface area contributed by atoms with E-state index >= 15 is 0 Å². The maximum absolute atomic E-state index is 11.3. The van der Waals surface area contributed by atoms with Crippen LogP contribution in [-0.4, -0.2) is 35.5 Å². The van der Waals surface area contributed by atoms with Gasteiger partial charge in [0.15, 0.2) is 0 Å². The second-order valence-electron chi connectivity index (χ2n) is 8.84. The Kier molecular flexibility index (Phi) is 6.65. The molecule has 4 nitrogen and oxygen atoms in total. The van der Waals surface area contributed by atoms with Crippen molar-refractivity contribution < 1.29 is 19.7 Å². The monoisotopic (exact) mass is 374 g/mol. The lowest BCUT2D eigenvalue weighted by atomic mass is 9.48. The number of esters is 1. The van der Waals surface area contributed by atoms with Gasteiger partial charge in [-0.3, -0.25) is 4.79 Å². The number of carbonyl (C=O) groups excluding carboxylic acids is 1. The maximum atomic E-state index is 11.3. The summed E-state index contributed by atoms with van der Waals surface area (Å²) >= 11 is 0. The highest BCUT2D eigenvalue weighted by Crippen LogP contribution is 2.60. The second kappa shape index (κ2) is 8.80. The molecule has 27 heavy (non-hydrogen) atoms. The summed E-state index contributed by atoms with van der Waals surface area (Å²) in [6.07, 6.45) is 10.8. The smallest absolute Gasteiger partial charge is 0.305 e. The van der Waals surface area contributed by atoms with Crippen molar-refractivity contribution in [1.82, 2.24) is 0 Å². The predicted molar refractivity (Wildman–Crippen MR) is 105 cm³/mol. The van der Waals surface area contributed by atoms with Crippen molar-refractivity contribution in [2.75, 3.05) is 7.11 Å². The Morgan fingerprint density at radius 2 is 2.07 bits per heavy atom. The van der Waals surface area contributed by atoms with Crippen molar-refractivity contribution in [1.29, 1.82) is 0 Å². The van der Waals surface area contributed by atoms with E-state index in [4.69, 9.17) is 4.74 Å². The fraction of sp³-hybridized carbons (Fsp3) is 0.783. The zero-order valence-corrected chi connectivity index (χ0v) is 16.7. The number of hydrogen-bond donors (Lipinski definition) is 2. The van der Waals surface area contributed by atoms with E-state index in [1.165, 1.54) is 31.9 Å². The third kappa shape index (κ3) is 4.41. The third-order valence-electron chi connectivity index (χ3n) is 7.26. The number of carbonyl (C=O) groups is 1. The zero-order chi connectivity index (χ0) is 19.4. The van der Waals surface area contributed by atoms with E-state index in [1.54, 1.807) is 0 Å². The van der Waals surface area contributed by atoms with Gasteiger partial charge >= 0.3 is 5.97 Å². The molecule has 3 aliphatic rings. The van der Waals surface area contributed by atoms with E-state index < -0.39 is 12.2 Å². The molecule has 0 bridgehead atoms. The lowest BCUT2D eigenvalue weighted by Crippen LogP contribution is -2.51. The molecule has 0 aromatic rings. The molecule has 3 aliphatic carbocycles. The predicted octanol–water partition coefficient (Wildman–Crippen LogP) is 3.61. The molecular weight excluding hydrogens is 340 g/mol. The van der Waals surface area contributed by atoms with Crippen LogP contribution in [0.25, 0.3) is 0 Å². The highest BCUT2D eigenvalue weighted by atomic mass is 16.5. The summed E-state index contributed by atoms with van der Waals surface area (Å²) in [6.45, 7) is 2.27. The lowest BCUT2D eigenvalue weighted by molar-refractivity contribution is -0.140. The number of aliphatic hydroxyl groups excluding tert-OH is 2. The summed E-state index contributed by atoms with van der Waals surface area (Å²) in [5.74, 6) is 6.79. The Hall–Kier alpha value is -1.31. The van der Waals surface area contributed by atoms with Gasteiger partial charge in [-0.15, -0.1) is 0 Å². The van der Waals surface area contributed by atoms with E-state index in [0.717, 1.165) is 32.1 Å². The van der Waals surface area contributed by atoms with Crippen LogP contribution in [0.3, 0.4) is 0 Å². The van der Waals surface area contributed by atoms with Crippen LogP contribution in [0.2, 0.25) is 0 Å². The van der Waals surface area contributed by atoms with Crippen molar-refractivity contribution in [3.63, 3.8) is 0 Å². The highest BCUT2D eigenvalue weighted by molar-refractivity contribution is 5.69. The van der Waals surface area contributed by atoms with Crippen molar-refractivity contribution in [2.45, 2.75) is 83.3 Å². The third-order valence-corrected chi connectivity index (χ3v) is 7.26. The average molecular weight is 375 g/mol. The summed E-state index contributed by atoms with van der Waals surface area (Å²) in [7, 11) is 1.42. The first-order valence-electron chi connectivity index (χ1n) is 10.6. The number of aliphatic hydroxyl groups is 2. The van der Waals surface area contributed by atoms with Crippen LogP contribution in [0, 0.1) is 35.0 Å². The minimum atomic E-state index is -0.555. The molecule has 5 atom stereocenters. The van der Waals surface area contributed by atoms with E-state index in [-0.39, 0.29) is 17.3 Å². The minimum absolute atomic E-state index is 0.0558. The van der Waals surface area contributed by atoms with Gasteiger partial charge in [0.1, 0.15) is 6.10 Å². The zero-order valence-electron chi connectivity index (χ0n) is 16.7. The maximum Gasteiger partial charge on any atom is 0.305 e. The van der Waals surface area contributed by atoms with Gasteiger partial charge < -0.3 is 14.9 Å². The van der Waals surface area contributed by atoms with Gasteiger partial charge in [-0.2, -0.15) is 0 Å². The molecule has 3 fully saturated rings. The molecule has 0 radical (unpaired) electrons. The minimum Gasteiger partial charge on any atom is -0.469 e. The summed E-state index contributed by atoms with van der Waals surface area (Å²) in [6, 6.07) is 0. The first-order chi connectivity index (χ1) is 13.0. The molecule has 0 aromatic heterocycles. The fourth-order valence-corrected chi connectivity index (χ4v) is 5.30. The van der Waals surface area contributed by atoms with Crippen LogP contribution in [0.5, 0.6) is 0 Å². The van der Waals surface area contributed by atoms with Gasteiger partial charge in [0.2, 0.25) is 0 Å². The van der Waals surface area contributed by atoms with E-state index in [2.05, 4.69) is 24.8 Å². The Morgan fingerprint density at radius 3 is 2.78 bits per heavy atom. The van der Waals surface area contributed by atoms with Gasteiger partial charge in [-0.25, -0.2) is 0 Å². The molecule has 0 heterocycles. The van der Waals surface area contributed by atoms with Crippen LogP contribution >= 0.6 is 0 Å². The van der Waals surface area contributed by atoms with Crippen LogP contribution in [0.4, 0.5) is 0 Å². The topological polar surface area (TPSA) is 66.8 Å². The molecule has 3 saturated carbocycles. The normalized spacial score (nSPS) is 36.1. The molecule has 0 amide bonds. The molecule has 1 unspecified atom stereocenters. The molecule has 0 spiro atoms. The fourth-order valence-electron chi connectivity index (χ4n) is 5.30.